The molecule has 0 fully saturated rings. The molecule has 0 heterocycles. The van der Waals surface area contributed by atoms with Crippen LogP contribution in [0.1, 0.15) is 33.1 Å². The van der Waals surface area contributed by atoms with Gasteiger partial charge in [-0.05, 0) is 11.4 Å². The summed E-state index contributed by atoms with van der Waals surface area (Å²) in [6.07, 6.45) is 2.47. The molecule has 0 bridgehead atoms. The fourth-order valence-electron chi connectivity index (χ4n) is 1.06. The Morgan fingerprint density at radius 3 is 2.25 bits per heavy atom. The lowest BCUT2D eigenvalue weighted by Gasteiger charge is -2.28. The second kappa shape index (κ2) is 6.33. The van der Waals surface area contributed by atoms with Gasteiger partial charge >= 0.3 is 0 Å². The van der Waals surface area contributed by atoms with E-state index in [1.54, 1.807) is 0 Å². The van der Waals surface area contributed by atoms with Gasteiger partial charge < -0.3 is 10.4 Å². The van der Waals surface area contributed by atoms with E-state index >= 15 is 0 Å². The van der Waals surface area contributed by atoms with Gasteiger partial charge in [0.2, 0.25) is 0 Å². The SMILES string of the molecule is CCC[C@H](CC)[NH+]([O-])O[NH+](C)[O-]. The van der Waals surface area contributed by atoms with Crippen LogP contribution in [0.2, 0.25) is 0 Å². The summed E-state index contributed by atoms with van der Waals surface area (Å²) >= 11 is 0. The standard InChI is InChI=1S/C7H18N2O3/c1-4-6-7(5-2)9(11)12-8(3)10/h7-9H,4-6H2,1-3H3/t7-/m0/s1. The third-order valence-corrected chi connectivity index (χ3v) is 1.71. The molecule has 0 aliphatic carbocycles. The monoisotopic (exact) mass is 178 g/mol. The van der Waals surface area contributed by atoms with Crippen LogP contribution in [0.5, 0.6) is 0 Å². The molecule has 0 radical (unpaired) electrons. The fourth-order valence-corrected chi connectivity index (χ4v) is 1.06. The molecule has 5 heteroatoms. The van der Waals surface area contributed by atoms with Crippen LogP contribution in [-0.2, 0) is 4.94 Å². The van der Waals surface area contributed by atoms with E-state index in [4.69, 9.17) is 0 Å². The average molecular weight is 178 g/mol. The van der Waals surface area contributed by atoms with Crippen molar-refractivity contribution in [2.24, 2.45) is 0 Å². The molecule has 0 saturated heterocycles. The molecule has 0 aliphatic rings. The van der Waals surface area contributed by atoms with Crippen molar-refractivity contribution in [2.45, 2.75) is 39.2 Å². The molecule has 0 aromatic heterocycles. The topological polar surface area (TPSA) is 64.2 Å². The molecular formula is C7H18N2O3. The minimum absolute atomic E-state index is 0.112. The van der Waals surface area contributed by atoms with Crippen molar-refractivity contribution in [3.8, 4) is 0 Å². The quantitative estimate of drug-likeness (QED) is 0.502. The van der Waals surface area contributed by atoms with E-state index in [0.717, 1.165) is 19.3 Å². The zero-order valence-corrected chi connectivity index (χ0v) is 7.92. The van der Waals surface area contributed by atoms with Gasteiger partial charge in [0.25, 0.3) is 0 Å². The molecule has 0 aliphatic heterocycles. The lowest BCUT2D eigenvalue weighted by molar-refractivity contribution is -1.31. The maximum atomic E-state index is 11.1. The summed E-state index contributed by atoms with van der Waals surface area (Å²) in [6, 6.07) is -0.112. The van der Waals surface area contributed by atoms with Gasteiger partial charge in [-0.25, -0.2) is 0 Å². The molecule has 12 heavy (non-hydrogen) atoms. The van der Waals surface area contributed by atoms with Crippen LogP contribution in [-0.4, -0.2) is 13.1 Å². The highest BCUT2D eigenvalue weighted by Crippen LogP contribution is 1.95. The van der Waals surface area contributed by atoms with Gasteiger partial charge in [-0.2, -0.15) is 10.5 Å². The Kier molecular flexibility index (Phi) is 6.23. The maximum Gasteiger partial charge on any atom is 0.122 e. The van der Waals surface area contributed by atoms with Crippen LogP contribution in [0.15, 0.2) is 0 Å². The first kappa shape index (κ1) is 11.8. The molecule has 74 valence electrons. The highest BCUT2D eigenvalue weighted by atomic mass is 17.1. The Morgan fingerprint density at radius 1 is 1.33 bits per heavy atom. The summed E-state index contributed by atoms with van der Waals surface area (Å²) in [5.74, 6) is 0. The molecule has 0 rings (SSSR count). The molecule has 2 N–H and O–H groups in total. The first-order chi connectivity index (χ1) is 5.61. The molecule has 0 amide bonds. The van der Waals surface area contributed by atoms with Gasteiger partial charge in [-0.3, -0.25) is 0 Å². The molecule has 0 aromatic rings. The number of hydroxylamine groups is 4. The number of hydrogen-bond donors (Lipinski definition) is 2. The van der Waals surface area contributed by atoms with Crippen LogP contribution < -0.4 is 10.5 Å². The minimum atomic E-state index is -0.519. The van der Waals surface area contributed by atoms with E-state index in [0.29, 0.717) is 0 Å². The van der Waals surface area contributed by atoms with Crippen molar-refractivity contribution in [2.75, 3.05) is 7.05 Å². The highest BCUT2D eigenvalue weighted by molar-refractivity contribution is 4.49. The molecule has 0 saturated carbocycles. The van der Waals surface area contributed by atoms with E-state index in [1.807, 2.05) is 13.8 Å². The van der Waals surface area contributed by atoms with E-state index in [2.05, 4.69) is 4.94 Å². The zero-order chi connectivity index (χ0) is 9.56. The third-order valence-electron chi connectivity index (χ3n) is 1.71. The van der Waals surface area contributed by atoms with Gasteiger partial charge in [0.15, 0.2) is 0 Å². The molecule has 3 atom stereocenters. The Bertz CT molecular complexity index is 111. The van der Waals surface area contributed by atoms with Crippen molar-refractivity contribution in [1.29, 1.82) is 0 Å². The van der Waals surface area contributed by atoms with Crippen LogP contribution in [0.3, 0.4) is 0 Å². The second-order valence-electron chi connectivity index (χ2n) is 2.81. The smallest absolute Gasteiger partial charge is 0.122 e. The average Bonchev–Trinajstić information content (AvgIpc) is 1.98. The lowest BCUT2D eigenvalue weighted by Crippen LogP contribution is -3.26. The zero-order valence-electron chi connectivity index (χ0n) is 7.92. The summed E-state index contributed by atoms with van der Waals surface area (Å²) in [6.45, 7) is 3.92. The minimum Gasteiger partial charge on any atom is -0.596 e. The number of hydrogen-bond acceptors (Lipinski definition) is 3. The van der Waals surface area contributed by atoms with Crippen LogP contribution in [0, 0.1) is 10.4 Å². The van der Waals surface area contributed by atoms with Gasteiger partial charge in [0.1, 0.15) is 13.1 Å². The predicted molar refractivity (Wildman–Crippen MR) is 44.7 cm³/mol. The molecule has 2 unspecified atom stereocenters. The van der Waals surface area contributed by atoms with Gasteiger partial charge in [0.05, 0.1) is 0 Å². The summed E-state index contributed by atoms with van der Waals surface area (Å²) in [7, 11) is 1.25. The van der Waals surface area contributed by atoms with E-state index in [-0.39, 0.29) is 11.3 Å². The van der Waals surface area contributed by atoms with Crippen molar-refractivity contribution >= 4 is 0 Å². The van der Waals surface area contributed by atoms with Crippen molar-refractivity contribution in [3.05, 3.63) is 10.4 Å². The van der Waals surface area contributed by atoms with Gasteiger partial charge in [-0.1, -0.05) is 20.3 Å². The molecule has 0 aromatic carbocycles. The Labute approximate surface area is 73.0 Å². The summed E-state index contributed by atoms with van der Waals surface area (Å²) in [4.78, 5) is 4.48. The lowest BCUT2D eigenvalue weighted by atomic mass is 10.1. The molecule has 0 spiro atoms. The van der Waals surface area contributed by atoms with E-state index < -0.39 is 5.23 Å². The fraction of sp³-hybridized carbons (Fsp3) is 1.00. The normalized spacial score (nSPS) is 18.8. The first-order valence-corrected chi connectivity index (χ1v) is 4.34. The Morgan fingerprint density at radius 2 is 1.92 bits per heavy atom. The summed E-state index contributed by atoms with van der Waals surface area (Å²) in [5, 5.41) is 20.7. The van der Waals surface area contributed by atoms with Crippen LogP contribution >= 0.6 is 0 Å². The number of nitrogens with one attached hydrogen (secondary N) is 2. The Hall–Kier alpha value is -0.200. The third kappa shape index (κ3) is 4.63. The van der Waals surface area contributed by atoms with Gasteiger partial charge in [0, 0.05) is 6.42 Å². The number of rotatable bonds is 6. The predicted octanol–water partition coefficient (Wildman–Crippen LogP) is -1.19. The summed E-state index contributed by atoms with van der Waals surface area (Å²) in [5.41, 5.74) is 0. The van der Waals surface area contributed by atoms with Gasteiger partial charge in [-0.15, -0.1) is 0 Å². The molecular weight excluding hydrogens is 160 g/mol. The van der Waals surface area contributed by atoms with Crippen molar-refractivity contribution in [3.63, 3.8) is 0 Å². The van der Waals surface area contributed by atoms with Crippen molar-refractivity contribution < 1.29 is 15.4 Å². The van der Waals surface area contributed by atoms with Crippen LogP contribution in [0.4, 0.5) is 0 Å². The second-order valence-corrected chi connectivity index (χ2v) is 2.81. The largest absolute Gasteiger partial charge is 0.596 e. The van der Waals surface area contributed by atoms with Crippen molar-refractivity contribution in [1.82, 2.24) is 0 Å². The maximum absolute atomic E-state index is 11.1. The van der Waals surface area contributed by atoms with E-state index in [1.165, 1.54) is 7.05 Å². The van der Waals surface area contributed by atoms with Crippen LogP contribution in [0.25, 0.3) is 0 Å². The first-order valence-electron chi connectivity index (χ1n) is 4.34. The van der Waals surface area contributed by atoms with E-state index in [9.17, 15) is 10.4 Å². The Balaban J connectivity index is 3.76. The molecule has 5 nitrogen and oxygen atoms in total. The highest BCUT2D eigenvalue weighted by Gasteiger charge is 2.15. The summed E-state index contributed by atoms with van der Waals surface area (Å²) < 4.78 is 0. The number of quaternary nitrogens is 2.